The van der Waals surface area contributed by atoms with Crippen LogP contribution in [0.1, 0.15) is 0 Å². The summed E-state index contributed by atoms with van der Waals surface area (Å²) in [6.45, 7) is -0.344. The number of halogens is 4. The molecule has 0 radical (unpaired) electrons. The molecule has 9 heavy (non-hydrogen) atoms. The molecule has 0 aromatic rings. The van der Waals surface area contributed by atoms with Crippen LogP contribution in [0.25, 0.3) is 0 Å². The Morgan fingerprint density at radius 2 is 2.00 bits per heavy atom. The molecule has 0 aliphatic heterocycles. The first kappa shape index (κ1) is 9.23. The molecular weight excluding hydrogens is 201 g/mol. The van der Waals surface area contributed by atoms with Gasteiger partial charge in [0.25, 0.3) is 0 Å². The van der Waals surface area contributed by atoms with Gasteiger partial charge in [-0.2, -0.15) is 13.2 Å². The van der Waals surface area contributed by atoms with E-state index in [1.165, 1.54) is 7.11 Å². The number of ether oxygens (including phenoxy) is 1. The SMILES string of the molecule is COC[C@H](Br)C(F)(F)F. The zero-order valence-corrected chi connectivity index (χ0v) is 6.29. The van der Waals surface area contributed by atoms with E-state index in [2.05, 4.69) is 20.7 Å². The van der Waals surface area contributed by atoms with E-state index in [0.717, 1.165) is 0 Å². The van der Waals surface area contributed by atoms with Crippen LogP contribution in [0.4, 0.5) is 13.2 Å². The highest BCUT2D eigenvalue weighted by atomic mass is 79.9. The maximum Gasteiger partial charge on any atom is 0.403 e. The summed E-state index contributed by atoms with van der Waals surface area (Å²) < 4.78 is 38.8. The fourth-order valence-electron chi connectivity index (χ4n) is 0.241. The smallest absolute Gasteiger partial charge is 0.383 e. The minimum atomic E-state index is -4.20. The number of rotatable bonds is 2. The Hall–Kier alpha value is 0.230. The third-order valence-electron chi connectivity index (χ3n) is 0.668. The number of hydrogen-bond acceptors (Lipinski definition) is 1. The van der Waals surface area contributed by atoms with Crippen molar-refractivity contribution in [1.82, 2.24) is 0 Å². The van der Waals surface area contributed by atoms with Crippen molar-refractivity contribution in [1.29, 1.82) is 0 Å². The summed E-state index contributed by atoms with van der Waals surface area (Å²) in [4.78, 5) is -1.55. The molecule has 0 fully saturated rings. The fraction of sp³-hybridized carbons (Fsp3) is 1.00. The van der Waals surface area contributed by atoms with Crippen LogP contribution in [0.2, 0.25) is 0 Å². The maximum atomic E-state index is 11.5. The second-order valence-electron chi connectivity index (χ2n) is 1.46. The largest absolute Gasteiger partial charge is 0.403 e. The van der Waals surface area contributed by atoms with Gasteiger partial charge in [0.1, 0.15) is 4.83 Å². The molecule has 0 spiro atoms. The van der Waals surface area contributed by atoms with E-state index in [9.17, 15) is 13.2 Å². The van der Waals surface area contributed by atoms with Crippen molar-refractivity contribution in [2.45, 2.75) is 11.0 Å². The Kier molecular flexibility index (Phi) is 3.50. The lowest BCUT2D eigenvalue weighted by atomic mass is 10.4. The van der Waals surface area contributed by atoms with Crippen LogP contribution in [-0.2, 0) is 4.74 Å². The molecule has 5 heteroatoms. The second kappa shape index (κ2) is 3.41. The Morgan fingerprint density at radius 1 is 1.56 bits per heavy atom. The molecule has 0 N–H and O–H groups in total. The van der Waals surface area contributed by atoms with Crippen LogP contribution >= 0.6 is 15.9 Å². The molecule has 0 aromatic heterocycles. The van der Waals surface area contributed by atoms with E-state index in [1.807, 2.05) is 0 Å². The van der Waals surface area contributed by atoms with Crippen LogP contribution in [-0.4, -0.2) is 24.7 Å². The Morgan fingerprint density at radius 3 is 2.11 bits per heavy atom. The predicted octanol–water partition coefficient (Wildman–Crippen LogP) is 1.96. The van der Waals surface area contributed by atoms with E-state index in [4.69, 9.17) is 0 Å². The highest BCUT2D eigenvalue weighted by molar-refractivity contribution is 9.09. The first-order valence-electron chi connectivity index (χ1n) is 2.18. The number of alkyl halides is 4. The molecule has 0 saturated heterocycles. The lowest BCUT2D eigenvalue weighted by Gasteiger charge is -2.11. The lowest BCUT2D eigenvalue weighted by molar-refractivity contribution is -0.135. The molecule has 0 rings (SSSR count). The first-order chi connectivity index (χ1) is 3.98. The summed E-state index contributed by atoms with van der Waals surface area (Å²) in [6.07, 6.45) is -4.20. The average Bonchev–Trinajstić information content (AvgIpc) is 1.64. The van der Waals surface area contributed by atoms with Gasteiger partial charge in [0.2, 0.25) is 0 Å². The van der Waals surface area contributed by atoms with Crippen molar-refractivity contribution in [2.75, 3.05) is 13.7 Å². The van der Waals surface area contributed by atoms with Crippen LogP contribution < -0.4 is 0 Å². The van der Waals surface area contributed by atoms with Gasteiger partial charge in [0.15, 0.2) is 0 Å². The standard InChI is InChI=1S/C4H6BrF3O/c1-9-2-3(5)4(6,7)8/h3H,2H2,1H3/t3-/m0/s1. The summed E-state index contributed by atoms with van der Waals surface area (Å²) >= 11 is 2.41. The van der Waals surface area contributed by atoms with Crippen LogP contribution in [0.15, 0.2) is 0 Å². The van der Waals surface area contributed by atoms with Crippen LogP contribution in [0.5, 0.6) is 0 Å². The Balaban J connectivity index is 3.59. The summed E-state index contributed by atoms with van der Waals surface area (Å²) in [7, 11) is 1.22. The summed E-state index contributed by atoms with van der Waals surface area (Å²) in [5.74, 6) is 0. The zero-order valence-electron chi connectivity index (χ0n) is 4.70. The van der Waals surface area contributed by atoms with Crippen molar-refractivity contribution < 1.29 is 17.9 Å². The average molecular weight is 207 g/mol. The zero-order chi connectivity index (χ0) is 7.49. The molecule has 0 aliphatic rings. The maximum absolute atomic E-state index is 11.5. The molecule has 0 heterocycles. The van der Waals surface area contributed by atoms with Crippen molar-refractivity contribution in [3.8, 4) is 0 Å². The molecule has 0 saturated carbocycles. The summed E-state index contributed by atoms with van der Waals surface area (Å²) in [6, 6.07) is 0. The van der Waals surface area contributed by atoms with Gasteiger partial charge in [-0.05, 0) is 0 Å². The minimum absolute atomic E-state index is 0.344. The van der Waals surface area contributed by atoms with E-state index >= 15 is 0 Å². The Labute approximate surface area is 59.3 Å². The third-order valence-corrected chi connectivity index (χ3v) is 1.45. The lowest BCUT2D eigenvalue weighted by Crippen LogP contribution is -2.26. The minimum Gasteiger partial charge on any atom is -0.383 e. The fourth-order valence-corrected chi connectivity index (χ4v) is 0.505. The predicted molar refractivity (Wildman–Crippen MR) is 30.6 cm³/mol. The van der Waals surface area contributed by atoms with Gasteiger partial charge in [-0.1, -0.05) is 15.9 Å². The molecule has 0 amide bonds. The first-order valence-corrected chi connectivity index (χ1v) is 3.09. The molecular formula is C4H6BrF3O. The van der Waals surface area contributed by atoms with E-state index in [0.29, 0.717) is 0 Å². The molecule has 1 nitrogen and oxygen atoms in total. The summed E-state index contributed by atoms with van der Waals surface area (Å²) in [5.41, 5.74) is 0. The second-order valence-corrected chi connectivity index (χ2v) is 2.57. The molecule has 0 aromatic carbocycles. The van der Waals surface area contributed by atoms with Gasteiger partial charge in [-0.3, -0.25) is 0 Å². The van der Waals surface area contributed by atoms with Gasteiger partial charge >= 0.3 is 6.18 Å². The molecule has 1 atom stereocenters. The van der Waals surface area contributed by atoms with Gasteiger partial charge < -0.3 is 4.74 Å². The van der Waals surface area contributed by atoms with Crippen LogP contribution in [0, 0.1) is 0 Å². The van der Waals surface area contributed by atoms with Gasteiger partial charge in [0, 0.05) is 7.11 Å². The van der Waals surface area contributed by atoms with E-state index in [-0.39, 0.29) is 6.61 Å². The highest BCUT2D eigenvalue weighted by Gasteiger charge is 2.37. The van der Waals surface area contributed by atoms with Gasteiger partial charge in [-0.15, -0.1) is 0 Å². The van der Waals surface area contributed by atoms with Crippen molar-refractivity contribution >= 4 is 15.9 Å². The molecule has 56 valence electrons. The quantitative estimate of drug-likeness (QED) is 0.629. The number of hydrogen-bond donors (Lipinski definition) is 0. The monoisotopic (exact) mass is 206 g/mol. The number of methoxy groups -OCH3 is 1. The Bertz CT molecular complexity index is 82.4. The van der Waals surface area contributed by atoms with E-state index < -0.39 is 11.0 Å². The van der Waals surface area contributed by atoms with E-state index in [1.54, 1.807) is 0 Å². The van der Waals surface area contributed by atoms with Gasteiger partial charge in [-0.25, -0.2) is 0 Å². The topological polar surface area (TPSA) is 9.23 Å². The molecule has 0 unspecified atom stereocenters. The third kappa shape index (κ3) is 3.75. The highest BCUT2D eigenvalue weighted by Crippen LogP contribution is 2.25. The van der Waals surface area contributed by atoms with Gasteiger partial charge in [0.05, 0.1) is 6.61 Å². The van der Waals surface area contributed by atoms with Crippen molar-refractivity contribution in [2.24, 2.45) is 0 Å². The van der Waals surface area contributed by atoms with Crippen LogP contribution in [0.3, 0.4) is 0 Å². The molecule has 0 bridgehead atoms. The molecule has 0 aliphatic carbocycles. The summed E-state index contributed by atoms with van der Waals surface area (Å²) in [5, 5.41) is 0. The normalized spacial score (nSPS) is 15.7. The van der Waals surface area contributed by atoms with Crippen molar-refractivity contribution in [3.63, 3.8) is 0 Å². The van der Waals surface area contributed by atoms with Crippen molar-refractivity contribution in [3.05, 3.63) is 0 Å².